The quantitative estimate of drug-likeness (QED) is 0.465. The van der Waals surface area contributed by atoms with Crippen LogP contribution in [0.15, 0.2) is 58.5 Å². The number of nitrogens with one attached hydrogen (secondary N) is 1. The molecule has 1 fully saturated rings. The van der Waals surface area contributed by atoms with Gasteiger partial charge in [0.1, 0.15) is 5.69 Å². The number of benzene rings is 2. The van der Waals surface area contributed by atoms with Gasteiger partial charge in [-0.25, -0.2) is 8.42 Å². The van der Waals surface area contributed by atoms with Crippen LogP contribution in [0.1, 0.15) is 25.3 Å². The van der Waals surface area contributed by atoms with Gasteiger partial charge in [-0.15, -0.1) is 0 Å². The summed E-state index contributed by atoms with van der Waals surface area (Å²) in [6, 6.07) is 13.2. The molecule has 1 N–H and O–H groups in total. The third-order valence-electron chi connectivity index (χ3n) is 4.40. The van der Waals surface area contributed by atoms with Crippen molar-refractivity contribution in [2.45, 2.75) is 24.7 Å². The lowest BCUT2D eigenvalue weighted by Crippen LogP contribution is -2.27. The van der Waals surface area contributed by atoms with E-state index in [1.54, 1.807) is 6.92 Å². The van der Waals surface area contributed by atoms with E-state index in [0.717, 1.165) is 24.5 Å². The second kappa shape index (κ2) is 7.85. The molecule has 1 heterocycles. The first-order valence-corrected chi connectivity index (χ1v) is 9.98. The number of nitro groups is 1. The average molecular weight is 388 g/mol. The van der Waals surface area contributed by atoms with E-state index >= 15 is 0 Å². The number of hydrogen-bond donors (Lipinski definition) is 1. The number of hydrazone groups is 1. The lowest BCUT2D eigenvalue weighted by Gasteiger charge is -2.15. The lowest BCUT2D eigenvalue weighted by molar-refractivity contribution is -0.384. The third kappa shape index (κ3) is 4.15. The number of sulfonamides is 1. The SMILES string of the molecule is CC(=NNc1ccc(S(=O)(=O)N2CCCC2)cc1[N+](=O)[O-])c1ccccc1. The topological polar surface area (TPSA) is 105 Å². The van der Waals surface area contributed by atoms with E-state index in [0.29, 0.717) is 18.8 Å². The number of rotatable bonds is 6. The van der Waals surface area contributed by atoms with E-state index in [2.05, 4.69) is 10.5 Å². The minimum absolute atomic E-state index is 0.0783. The second-order valence-electron chi connectivity index (χ2n) is 6.22. The van der Waals surface area contributed by atoms with Crippen molar-refractivity contribution in [3.8, 4) is 0 Å². The zero-order chi connectivity index (χ0) is 19.4. The van der Waals surface area contributed by atoms with Gasteiger partial charge < -0.3 is 0 Å². The molecule has 1 aliphatic rings. The first kappa shape index (κ1) is 19.0. The fourth-order valence-corrected chi connectivity index (χ4v) is 4.42. The number of nitro benzene ring substituents is 1. The Morgan fingerprint density at radius 1 is 1.15 bits per heavy atom. The minimum atomic E-state index is -3.72. The Labute approximate surface area is 157 Å². The van der Waals surface area contributed by atoms with Crippen molar-refractivity contribution in [1.82, 2.24) is 4.31 Å². The van der Waals surface area contributed by atoms with E-state index in [1.807, 2.05) is 30.3 Å². The van der Waals surface area contributed by atoms with Crippen molar-refractivity contribution >= 4 is 27.1 Å². The van der Waals surface area contributed by atoms with Crippen LogP contribution in [0.5, 0.6) is 0 Å². The van der Waals surface area contributed by atoms with Crippen LogP contribution in [-0.2, 0) is 10.0 Å². The van der Waals surface area contributed by atoms with Crippen LogP contribution in [-0.4, -0.2) is 36.4 Å². The van der Waals surface area contributed by atoms with Gasteiger partial charge in [-0.2, -0.15) is 9.41 Å². The Kier molecular flexibility index (Phi) is 5.52. The van der Waals surface area contributed by atoms with Gasteiger partial charge in [-0.05, 0) is 37.5 Å². The third-order valence-corrected chi connectivity index (χ3v) is 6.30. The van der Waals surface area contributed by atoms with Gasteiger partial charge in [-0.3, -0.25) is 15.5 Å². The van der Waals surface area contributed by atoms with Crippen molar-refractivity contribution in [2.75, 3.05) is 18.5 Å². The summed E-state index contributed by atoms with van der Waals surface area (Å²) in [6.07, 6.45) is 1.60. The monoisotopic (exact) mass is 388 g/mol. The van der Waals surface area contributed by atoms with E-state index < -0.39 is 14.9 Å². The normalized spacial score (nSPS) is 15.7. The summed E-state index contributed by atoms with van der Waals surface area (Å²) in [5.41, 5.74) is 4.01. The Bertz CT molecular complexity index is 968. The van der Waals surface area contributed by atoms with Crippen LogP contribution < -0.4 is 5.43 Å². The molecular formula is C18H20N4O4S. The van der Waals surface area contributed by atoms with E-state index in [9.17, 15) is 18.5 Å². The zero-order valence-corrected chi connectivity index (χ0v) is 15.6. The van der Waals surface area contributed by atoms with Gasteiger partial charge >= 0.3 is 0 Å². The summed E-state index contributed by atoms with van der Waals surface area (Å²) in [5.74, 6) is 0. The molecule has 3 rings (SSSR count). The lowest BCUT2D eigenvalue weighted by atomic mass is 10.1. The summed E-state index contributed by atoms with van der Waals surface area (Å²) >= 11 is 0. The number of anilines is 1. The van der Waals surface area contributed by atoms with E-state index in [1.165, 1.54) is 16.4 Å². The molecule has 2 aromatic rings. The van der Waals surface area contributed by atoms with Crippen molar-refractivity contribution in [1.29, 1.82) is 0 Å². The molecule has 1 saturated heterocycles. The summed E-state index contributed by atoms with van der Waals surface area (Å²) in [7, 11) is -3.72. The fraction of sp³-hybridized carbons (Fsp3) is 0.278. The molecule has 0 aromatic heterocycles. The van der Waals surface area contributed by atoms with Crippen LogP contribution in [0.4, 0.5) is 11.4 Å². The van der Waals surface area contributed by atoms with Crippen molar-refractivity contribution in [2.24, 2.45) is 5.10 Å². The van der Waals surface area contributed by atoms with Crippen molar-refractivity contribution < 1.29 is 13.3 Å². The highest BCUT2D eigenvalue weighted by Gasteiger charge is 2.29. The molecular weight excluding hydrogens is 368 g/mol. The minimum Gasteiger partial charge on any atom is -0.271 e. The highest BCUT2D eigenvalue weighted by molar-refractivity contribution is 7.89. The highest BCUT2D eigenvalue weighted by atomic mass is 32.2. The first-order chi connectivity index (χ1) is 12.9. The maximum absolute atomic E-state index is 12.6. The molecule has 0 amide bonds. The first-order valence-electron chi connectivity index (χ1n) is 8.54. The second-order valence-corrected chi connectivity index (χ2v) is 8.16. The smallest absolute Gasteiger partial charge is 0.271 e. The predicted octanol–water partition coefficient (Wildman–Crippen LogP) is 3.22. The van der Waals surface area contributed by atoms with Crippen molar-refractivity contribution in [3.63, 3.8) is 0 Å². The molecule has 0 radical (unpaired) electrons. The van der Waals surface area contributed by atoms with Gasteiger partial charge in [0.05, 0.1) is 15.5 Å². The molecule has 1 aliphatic heterocycles. The molecule has 142 valence electrons. The molecule has 2 aromatic carbocycles. The molecule has 0 aliphatic carbocycles. The largest absolute Gasteiger partial charge is 0.295 e. The summed E-state index contributed by atoms with van der Waals surface area (Å²) in [5, 5.41) is 15.6. The average Bonchev–Trinajstić information content (AvgIpc) is 3.22. The Balaban J connectivity index is 1.89. The predicted molar refractivity (Wildman–Crippen MR) is 103 cm³/mol. The standard InChI is InChI=1S/C18H20N4O4S/c1-14(15-7-3-2-4-8-15)19-20-17-10-9-16(13-18(17)22(23)24)27(25,26)21-11-5-6-12-21/h2-4,7-10,13,20H,5-6,11-12H2,1H3. The molecule has 0 spiro atoms. The van der Waals surface area contributed by atoms with Gasteiger partial charge in [-0.1, -0.05) is 30.3 Å². The Morgan fingerprint density at radius 2 is 1.81 bits per heavy atom. The number of nitrogens with zero attached hydrogens (tertiary/aromatic N) is 3. The van der Waals surface area contributed by atoms with Crippen LogP contribution in [0.3, 0.4) is 0 Å². The van der Waals surface area contributed by atoms with Crippen LogP contribution in [0.2, 0.25) is 0 Å². The Morgan fingerprint density at radius 3 is 2.44 bits per heavy atom. The number of hydrogen-bond acceptors (Lipinski definition) is 6. The Hall–Kier alpha value is -2.78. The van der Waals surface area contributed by atoms with Gasteiger partial charge in [0.2, 0.25) is 10.0 Å². The highest BCUT2D eigenvalue weighted by Crippen LogP contribution is 2.30. The zero-order valence-electron chi connectivity index (χ0n) is 14.8. The van der Waals surface area contributed by atoms with Crippen molar-refractivity contribution in [3.05, 3.63) is 64.2 Å². The molecule has 0 unspecified atom stereocenters. The molecule has 9 heteroatoms. The molecule has 8 nitrogen and oxygen atoms in total. The molecule has 27 heavy (non-hydrogen) atoms. The van der Waals surface area contributed by atoms with Crippen LogP contribution >= 0.6 is 0 Å². The maximum atomic E-state index is 12.6. The van der Waals surface area contributed by atoms with Gasteiger partial charge in [0.15, 0.2) is 0 Å². The maximum Gasteiger partial charge on any atom is 0.295 e. The summed E-state index contributed by atoms with van der Waals surface area (Å²) < 4.78 is 26.6. The van der Waals surface area contributed by atoms with Gasteiger partial charge in [0, 0.05) is 19.2 Å². The fourth-order valence-electron chi connectivity index (χ4n) is 2.88. The molecule has 0 bridgehead atoms. The van der Waals surface area contributed by atoms with Gasteiger partial charge in [0.25, 0.3) is 5.69 Å². The van der Waals surface area contributed by atoms with E-state index in [-0.39, 0.29) is 16.3 Å². The van der Waals surface area contributed by atoms with Crippen LogP contribution in [0.25, 0.3) is 0 Å². The van der Waals surface area contributed by atoms with E-state index in [4.69, 9.17) is 0 Å². The summed E-state index contributed by atoms with van der Waals surface area (Å²) in [6.45, 7) is 2.66. The van der Waals surface area contributed by atoms with Crippen LogP contribution in [0, 0.1) is 10.1 Å². The summed E-state index contributed by atoms with van der Waals surface area (Å²) in [4.78, 5) is 10.8. The molecule has 0 atom stereocenters. The molecule has 0 saturated carbocycles.